The number of likely N-dealkylation sites (tertiary alicyclic amines) is 1. The minimum Gasteiger partial charge on any atom is -0.445 e. The van der Waals surface area contributed by atoms with Crippen molar-refractivity contribution in [2.45, 2.75) is 25.5 Å². The third-order valence-electron chi connectivity index (χ3n) is 4.99. The number of halogens is 1. The van der Waals surface area contributed by atoms with Crippen LogP contribution in [0.15, 0.2) is 54.6 Å². The zero-order valence-electron chi connectivity index (χ0n) is 15.2. The van der Waals surface area contributed by atoms with E-state index in [4.69, 9.17) is 16.3 Å². The number of hydrogen-bond acceptors (Lipinski definition) is 2. The Morgan fingerprint density at radius 1 is 1.15 bits per heavy atom. The summed E-state index contributed by atoms with van der Waals surface area (Å²) in [7, 11) is 1.81. The molecule has 0 aromatic heterocycles. The average molecular weight is 374 g/mol. The Labute approximate surface area is 160 Å². The Kier molecular flexibility index (Phi) is 6.53. The molecule has 1 fully saturated rings. The quantitative estimate of drug-likeness (QED) is 0.842. The number of carbonyl (C=O) groups is 1. The van der Waals surface area contributed by atoms with Crippen LogP contribution in [0.5, 0.6) is 0 Å². The van der Waals surface area contributed by atoms with Gasteiger partial charge in [-0.1, -0.05) is 54.1 Å². The van der Waals surface area contributed by atoms with Crippen LogP contribution in [0.3, 0.4) is 0 Å². The molecular formula is C21H26ClN2O2+. The fourth-order valence-electron chi connectivity index (χ4n) is 3.49. The second kappa shape index (κ2) is 9.06. The van der Waals surface area contributed by atoms with Crippen LogP contribution in [0.4, 0.5) is 4.79 Å². The number of likely N-dealkylation sites (N-methyl/N-ethyl adjacent to an activating group) is 1. The van der Waals surface area contributed by atoms with Crippen molar-refractivity contribution in [3.63, 3.8) is 0 Å². The summed E-state index contributed by atoms with van der Waals surface area (Å²) in [5.41, 5.74) is 2.04. The number of benzene rings is 2. The highest BCUT2D eigenvalue weighted by Gasteiger charge is 2.29. The van der Waals surface area contributed by atoms with Crippen LogP contribution < -0.4 is 4.90 Å². The van der Waals surface area contributed by atoms with E-state index in [0.717, 1.165) is 30.8 Å². The maximum Gasteiger partial charge on any atom is 0.410 e. The van der Waals surface area contributed by atoms with Crippen LogP contribution in [-0.4, -0.2) is 37.7 Å². The zero-order valence-corrected chi connectivity index (χ0v) is 15.9. The average Bonchev–Trinajstić information content (AvgIpc) is 3.18. The van der Waals surface area contributed by atoms with Gasteiger partial charge in [0.15, 0.2) is 0 Å². The first-order chi connectivity index (χ1) is 12.6. The summed E-state index contributed by atoms with van der Waals surface area (Å²) in [5, 5.41) is 0.690. The molecule has 1 aliphatic heterocycles. The van der Waals surface area contributed by atoms with E-state index in [9.17, 15) is 4.79 Å². The Balaban J connectivity index is 1.70. The Bertz CT molecular complexity index is 717. The Morgan fingerprint density at radius 2 is 1.88 bits per heavy atom. The van der Waals surface area contributed by atoms with Gasteiger partial charge in [0.25, 0.3) is 0 Å². The van der Waals surface area contributed by atoms with Gasteiger partial charge in [-0.25, -0.2) is 4.79 Å². The largest absolute Gasteiger partial charge is 0.445 e. The van der Waals surface area contributed by atoms with Crippen molar-refractivity contribution in [2.24, 2.45) is 0 Å². The molecule has 1 saturated heterocycles. The fourth-order valence-corrected chi connectivity index (χ4v) is 3.69. The van der Waals surface area contributed by atoms with Crippen LogP contribution in [-0.2, 0) is 11.3 Å². The number of hydrogen-bond donors (Lipinski definition) is 1. The maximum absolute atomic E-state index is 12.7. The summed E-state index contributed by atoms with van der Waals surface area (Å²) in [5.74, 6) is 0. The second-order valence-electron chi connectivity index (χ2n) is 6.88. The van der Waals surface area contributed by atoms with Crippen LogP contribution in [0.1, 0.15) is 30.0 Å². The van der Waals surface area contributed by atoms with Crippen molar-refractivity contribution >= 4 is 17.7 Å². The molecule has 1 atom stereocenters. The Morgan fingerprint density at radius 3 is 2.58 bits per heavy atom. The summed E-state index contributed by atoms with van der Waals surface area (Å²) in [4.78, 5) is 15.9. The summed E-state index contributed by atoms with van der Waals surface area (Å²) in [6, 6.07) is 17.5. The molecule has 4 nitrogen and oxygen atoms in total. The summed E-state index contributed by atoms with van der Waals surface area (Å²) in [6.07, 6.45) is 2.19. The first kappa shape index (κ1) is 18.7. The molecule has 0 unspecified atom stereocenters. The third kappa shape index (κ3) is 4.99. The van der Waals surface area contributed by atoms with Crippen molar-refractivity contribution < 1.29 is 14.4 Å². The van der Waals surface area contributed by atoms with Crippen molar-refractivity contribution in [3.8, 4) is 0 Å². The molecular weight excluding hydrogens is 348 g/mol. The van der Waals surface area contributed by atoms with Gasteiger partial charge < -0.3 is 9.64 Å². The molecule has 2 aromatic rings. The van der Waals surface area contributed by atoms with Gasteiger partial charge >= 0.3 is 6.09 Å². The van der Waals surface area contributed by atoms with Gasteiger partial charge in [-0.15, -0.1) is 0 Å². The molecule has 2 aromatic carbocycles. The minimum absolute atomic E-state index is 0.0509. The van der Waals surface area contributed by atoms with E-state index in [-0.39, 0.29) is 18.7 Å². The molecule has 0 radical (unpaired) electrons. The van der Waals surface area contributed by atoms with E-state index in [1.54, 1.807) is 4.90 Å². The molecule has 5 heteroatoms. The topological polar surface area (TPSA) is 34.0 Å². The number of carbonyl (C=O) groups excluding carboxylic acids is 1. The lowest BCUT2D eigenvalue weighted by Gasteiger charge is -2.29. The number of rotatable bonds is 6. The molecule has 0 aliphatic carbocycles. The van der Waals surface area contributed by atoms with Gasteiger partial charge in [0.1, 0.15) is 19.2 Å². The monoisotopic (exact) mass is 373 g/mol. The van der Waals surface area contributed by atoms with E-state index in [1.807, 2.05) is 61.6 Å². The predicted molar refractivity (Wildman–Crippen MR) is 103 cm³/mol. The number of nitrogens with zero attached hydrogens (tertiary/aromatic N) is 1. The van der Waals surface area contributed by atoms with Gasteiger partial charge in [-0.05, 0) is 23.3 Å². The van der Waals surface area contributed by atoms with Crippen molar-refractivity contribution in [1.29, 1.82) is 0 Å². The van der Waals surface area contributed by atoms with Crippen LogP contribution in [0.2, 0.25) is 5.02 Å². The molecule has 0 saturated carbocycles. The zero-order chi connectivity index (χ0) is 18.4. The first-order valence-electron chi connectivity index (χ1n) is 9.16. The lowest BCUT2D eigenvalue weighted by Crippen LogP contribution is -3.10. The molecule has 1 N–H and O–H groups in total. The highest BCUT2D eigenvalue weighted by Crippen LogP contribution is 2.22. The molecule has 0 bridgehead atoms. The van der Waals surface area contributed by atoms with E-state index in [2.05, 4.69) is 0 Å². The van der Waals surface area contributed by atoms with E-state index in [0.29, 0.717) is 5.02 Å². The first-order valence-corrected chi connectivity index (χ1v) is 9.54. The van der Waals surface area contributed by atoms with Crippen LogP contribution in [0.25, 0.3) is 0 Å². The minimum atomic E-state index is -0.308. The number of quaternary nitrogens is 1. The van der Waals surface area contributed by atoms with Crippen LogP contribution in [0, 0.1) is 0 Å². The number of amides is 1. The predicted octanol–water partition coefficient (Wildman–Crippen LogP) is 3.33. The maximum atomic E-state index is 12.7. The van der Waals surface area contributed by atoms with Gasteiger partial charge in [0, 0.05) is 24.9 Å². The number of nitrogens with one attached hydrogen (secondary N) is 1. The summed E-state index contributed by atoms with van der Waals surface area (Å²) >= 11 is 6.19. The second-order valence-corrected chi connectivity index (χ2v) is 7.32. The number of ether oxygens (including phenoxy) is 1. The molecule has 138 valence electrons. The molecule has 26 heavy (non-hydrogen) atoms. The third-order valence-corrected chi connectivity index (χ3v) is 5.22. The van der Waals surface area contributed by atoms with E-state index in [1.165, 1.54) is 17.7 Å². The van der Waals surface area contributed by atoms with Gasteiger partial charge in [-0.2, -0.15) is 0 Å². The standard InChI is InChI=1S/C21H25ClN2O2/c1-23(21(25)26-16-17-8-3-2-4-9-17)20(15-24-12-5-6-13-24)18-10-7-11-19(22)14-18/h2-4,7-11,14,20H,5-6,12-13,15-16H2,1H3/p+1/t20-/m0/s1. The molecule has 1 aliphatic rings. The van der Waals surface area contributed by atoms with Gasteiger partial charge in [-0.3, -0.25) is 4.90 Å². The Hall–Kier alpha value is -2.04. The fraction of sp³-hybridized carbons (Fsp3) is 0.381. The molecule has 0 spiro atoms. The van der Waals surface area contributed by atoms with Crippen molar-refractivity contribution in [1.82, 2.24) is 4.90 Å². The smallest absolute Gasteiger partial charge is 0.410 e. The molecule has 1 amide bonds. The highest BCUT2D eigenvalue weighted by atomic mass is 35.5. The summed E-state index contributed by atoms with van der Waals surface area (Å²) < 4.78 is 5.53. The van der Waals surface area contributed by atoms with Gasteiger partial charge in [0.05, 0.1) is 13.1 Å². The molecule has 1 heterocycles. The lowest BCUT2D eigenvalue weighted by atomic mass is 10.1. The summed E-state index contributed by atoms with van der Waals surface area (Å²) in [6.45, 7) is 3.47. The lowest BCUT2D eigenvalue weighted by molar-refractivity contribution is -0.890. The highest BCUT2D eigenvalue weighted by molar-refractivity contribution is 6.30. The van der Waals surface area contributed by atoms with Crippen LogP contribution >= 0.6 is 11.6 Å². The normalized spacial score (nSPS) is 15.6. The van der Waals surface area contributed by atoms with Gasteiger partial charge in [0.2, 0.25) is 0 Å². The SMILES string of the molecule is CN(C(=O)OCc1ccccc1)[C@@H](C[NH+]1CCCC1)c1cccc(Cl)c1. The van der Waals surface area contributed by atoms with E-state index >= 15 is 0 Å². The van der Waals surface area contributed by atoms with E-state index < -0.39 is 0 Å². The van der Waals surface area contributed by atoms with Crippen molar-refractivity contribution in [3.05, 3.63) is 70.7 Å². The molecule has 3 rings (SSSR count). The van der Waals surface area contributed by atoms with Crippen molar-refractivity contribution in [2.75, 3.05) is 26.7 Å².